The van der Waals surface area contributed by atoms with Crippen molar-refractivity contribution in [1.82, 2.24) is 0 Å². The van der Waals surface area contributed by atoms with Crippen molar-refractivity contribution in [2.45, 2.75) is 45.4 Å². The fourth-order valence-electron chi connectivity index (χ4n) is 3.36. The lowest BCUT2D eigenvalue weighted by atomic mass is 10.0. The molecule has 186 valence electrons. The van der Waals surface area contributed by atoms with Crippen LogP contribution in [0.1, 0.15) is 56.6 Å². The first kappa shape index (κ1) is 27.5. The van der Waals surface area contributed by atoms with E-state index in [9.17, 15) is 10.1 Å². The second kappa shape index (κ2) is 15.2. The van der Waals surface area contributed by atoms with E-state index in [0.717, 1.165) is 55.4 Å². The minimum Gasteiger partial charge on any atom is -0.497 e. The van der Waals surface area contributed by atoms with Crippen molar-refractivity contribution >= 4 is 17.6 Å². The van der Waals surface area contributed by atoms with Crippen molar-refractivity contribution in [2.24, 2.45) is 0 Å². The van der Waals surface area contributed by atoms with Gasteiger partial charge in [0.25, 0.3) is 0 Å². The molecule has 0 radical (unpaired) electrons. The molecule has 0 aliphatic carbocycles. The number of rotatable bonds is 15. The molecule has 2 aromatic rings. The number of hydrogen-bond acceptors (Lipinski definition) is 6. The van der Waals surface area contributed by atoms with Crippen molar-refractivity contribution in [3.05, 3.63) is 65.7 Å². The van der Waals surface area contributed by atoms with E-state index in [2.05, 4.69) is 12.6 Å². The monoisotopic (exact) mass is 477 g/mol. The molecule has 0 amide bonds. The number of hydrogen-bond donors (Lipinski definition) is 0. The van der Waals surface area contributed by atoms with Crippen LogP contribution in [0.5, 0.6) is 17.2 Å². The first-order chi connectivity index (χ1) is 17.0. The summed E-state index contributed by atoms with van der Waals surface area (Å²) in [6.45, 7) is 6.35. The number of nitrogens with zero attached hydrogens (tertiary/aromatic N) is 1. The van der Waals surface area contributed by atoms with Gasteiger partial charge in [0, 0.05) is 11.6 Å². The summed E-state index contributed by atoms with van der Waals surface area (Å²) in [5.74, 6) is 1.76. The van der Waals surface area contributed by atoms with Crippen LogP contribution in [0.25, 0.3) is 11.6 Å². The predicted molar refractivity (Wildman–Crippen MR) is 138 cm³/mol. The number of carbonyl (C=O) groups excluding carboxylic acids is 1. The van der Waals surface area contributed by atoms with Gasteiger partial charge in [0.1, 0.15) is 17.2 Å². The lowest BCUT2D eigenvalue weighted by molar-refractivity contribution is -0.139. The zero-order valence-corrected chi connectivity index (χ0v) is 21.0. The maximum Gasteiger partial charge on any atom is 0.333 e. The molecule has 6 heteroatoms. The minimum absolute atomic E-state index is 0.311. The molecule has 0 fully saturated rings. The molecule has 6 nitrogen and oxygen atoms in total. The van der Waals surface area contributed by atoms with Gasteiger partial charge in [-0.15, -0.1) is 0 Å². The van der Waals surface area contributed by atoms with E-state index in [1.54, 1.807) is 27.2 Å². The van der Waals surface area contributed by atoms with E-state index in [4.69, 9.17) is 18.9 Å². The minimum atomic E-state index is -0.311. The van der Waals surface area contributed by atoms with Gasteiger partial charge in [-0.05, 0) is 61.2 Å². The molecule has 0 aliphatic heterocycles. The highest BCUT2D eigenvalue weighted by atomic mass is 16.5. The zero-order chi connectivity index (χ0) is 25.5. The van der Waals surface area contributed by atoms with E-state index in [1.165, 1.54) is 0 Å². The summed E-state index contributed by atoms with van der Waals surface area (Å²) >= 11 is 0. The summed E-state index contributed by atoms with van der Waals surface area (Å²) in [6, 6.07) is 15.4. The lowest BCUT2D eigenvalue weighted by Gasteiger charge is -2.08. The second-order valence-corrected chi connectivity index (χ2v) is 8.23. The van der Waals surface area contributed by atoms with Gasteiger partial charge in [-0.3, -0.25) is 0 Å². The summed E-state index contributed by atoms with van der Waals surface area (Å²) in [5.41, 5.74) is 2.60. The Morgan fingerprint density at radius 1 is 0.886 bits per heavy atom. The molecule has 0 aromatic heterocycles. The third-order valence-corrected chi connectivity index (χ3v) is 5.36. The highest BCUT2D eigenvalue weighted by molar-refractivity contribution is 5.90. The number of allylic oxidation sites excluding steroid dienone is 1. The van der Waals surface area contributed by atoms with Crippen molar-refractivity contribution in [3.63, 3.8) is 0 Å². The van der Waals surface area contributed by atoms with Crippen molar-refractivity contribution in [1.29, 1.82) is 5.26 Å². The maximum atomic E-state index is 11.3. The standard InChI is InChI=1S/C29H35NO5/c1-22(2)29(31)35-16-10-8-6-5-7-9-15-34-26-13-11-23(12-14-26)17-25(21-30)24-18-27(32-3)20-28(19-24)33-4/h11-14,17-20H,1,5-10,15-16H2,2-4H3/b25-17+. The van der Waals surface area contributed by atoms with Gasteiger partial charge in [0.2, 0.25) is 0 Å². The van der Waals surface area contributed by atoms with E-state index >= 15 is 0 Å². The number of benzene rings is 2. The zero-order valence-electron chi connectivity index (χ0n) is 21.0. The van der Waals surface area contributed by atoms with Gasteiger partial charge in [0.05, 0.1) is 39.1 Å². The Kier molecular flexibility index (Phi) is 12.0. The molecule has 0 saturated heterocycles. The van der Waals surface area contributed by atoms with Crippen LogP contribution >= 0.6 is 0 Å². The number of unbranched alkanes of at least 4 members (excludes halogenated alkanes) is 5. The van der Waals surface area contributed by atoms with Gasteiger partial charge in [-0.2, -0.15) is 5.26 Å². The van der Waals surface area contributed by atoms with Gasteiger partial charge < -0.3 is 18.9 Å². The van der Waals surface area contributed by atoms with E-state index < -0.39 is 0 Å². The van der Waals surface area contributed by atoms with Crippen molar-refractivity contribution in [3.8, 4) is 23.3 Å². The Morgan fingerprint density at radius 2 is 1.46 bits per heavy atom. The molecular weight excluding hydrogens is 442 g/mol. The third-order valence-electron chi connectivity index (χ3n) is 5.36. The van der Waals surface area contributed by atoms with Crippen LogP contribution in [-0.2, 0) is 9.53 Å². The third kappa shape index (κ3) is 9.97. The van der Waals surface area contributed by atoms with Crippen LogP contribution in [0.15, 0.2) is 54.6 Å². The average molecular weight is 478 g/mol. The van der Waals surface area contributed by atoms with Crippen molar-refractivity contribution < 1.29 is 23.7 Å². The molecular formula is C29H35NO5. The van der Waals surface area contributed by atoms with Gasteiger partial charge >= 0.3 is 5.97 Å². The molecule has 2 aromatic carbocycles. The first-order valence-electron chi connectivity index (χ1n) is 11.9. The molecule has 0 saturated carbocycles. The average Bonchev–Trinajstić information content (AvgIpc) is 2.88. The van der Waals surface area contributed by atoms with E-state index in [0.29, 0.717) is 35.9 Å². The fraction of sp³-hybridized carbons (Fsp3) is 0.379. The lowest BCUT2D eigenvalue weighted by Crippen LogP contribution is -2.06. The summed E-state index contributed by atoms with van der Waals surface area (Å²) in [5, 5.41) is 9.66. The van der Waals surface area contributed by atoms with Crippen LogP contribution in [0, 0.1) is 11.3 Å². The Hall–Kier alpha value is -3.72. The second-order valence-electron chi connectivity index (χ2n) is 8.23. The molecule has 0 bridgehead atoms. The molecule has 0 N–H and O–H groups in total. The van der Waals surface area contributed by atoms with Crippen LogP contribution in [-0.4, -0.2) is 33.4 Å². The first-order valence-corrected chi connectivity index (χ1v) is 11.9. The van der Waals surface area contributed by atoms with E-state index in [-0.39, 0.29) is 5.97 Å². The molecule has 0 atom stereocenters. The largest absolute Gasteiger partial charge is 0.497 e. The summed E-state index contributed by atoms with van der Waals surface area (Å²) in [6.07, 6.45) is 8.10. The topological polar surface area (TPSA) is 77.8 Å². The summed E-state index contributed by atoms with van der Waals surface area (Å²) in [4.78, 5) is 11.3. The quantitative estimate of drug-likeness (QED) is 0.0945. The van der Waals surface area contributed by atoms with Gasteiger partial charge in [0.15, 0.2) is 0 Å². The van der Waals surface area contributed by atoms with E-state index in [1.807, 2.05) is 42.5 Å². The smallest absolute Gasteiger partial charge is 0.333 e. The van der Waals surface area contributed by atoms with Crippen LogP contribution in [0.2, 0.25) is 0 Å². The van der Waals surface area contributed by atoms with Crippen LogP contribution < -0.4 is 14.2 Å². The van der Waals surface area contributed by atoms with Crippen LogP contribution in [0.3, 0.4) is 0 Å². The molecule has 2 rings (SSSR count). The molecule has 0 heterocycles. The number of carbonyl (C=O) groups is 1. The Balaban J connectivity index is 1.73. The number of methoxy groups -OCH3 is 2. The number of esters is 1. The normalized spacial score (nSPS) is 10.9. The van der Waals surface area contributed by atoms with Gasteiger partial charge in [-0.1, -0.05) is 44.4 Å². The molecule has 0 unspecified atom stereocenters. The Morgan fingerprint density at radius 3 is 2.00 bits per heavy atom. The van der Waals surface area contributed by atoms with Crippen LogP contribution in [0.4, 0.5) is 0 Å². The fourth-order valence-corrected chi connectivity index (χ4v) is 3.36. The Bertz CT molecular complexity index is 1010. The maximum absolute atomic E-state index is 11.3. The molecule has 0 spiro atoms. The van der Waals surface area contributed by atoms with Crippen molar-refractivity contribution in [2.75, 3.05) is 27.4 Å². The molecule has 35 heavy (non-hydrogen) atoms. The summed E-state index contributed by atoms with van der Waals surface area (Å²) < 4.78 is 21.5. The highest BCUT2D eigenvalue weighted by Gasteiger charge is 2.07. The highest BCUT2D eigenvalue weighted by Crippen LogP contribution is 2.28. The SMILES string of the molecule is C=C(C)C(=O)OCCCCCCCCOc1ccc(/C=C(\C#N)c2cc(OC)cc(OC)c2)cc1. The van der Waals surface area contributed by atoms with Gasteiger partial charge in [-0.25, -0.2) is 4.79 Å². The number of nitriles is 1. The predicted octanol–water partition coefficient (Wildman–Crippen LogP) is 6.61. The number of ether oxygens (including phenoxy) is 4. The molecule has 0 aliphatic rings. The summed E-state index contributed by atoms with van der Waals surface area (Å²) in [7, 11) is 3.17. The Labute approximate surface area is 208 Å².